The minimum Gasteiger partial charge on any atom is -0.381 e. The summed E-state index contributed by atoms with van der Waals surface area (Å²) in [4.78, 5) is 43.3. The SMILES string of the molecule is Cc1ccccc1C(=O)N[C@@H](CCc1ccccc1)[C@H](O)C(=O)N1CSC(C)N([C@@H]2C=CCCC2)C(=O)C1. The monoisotopic (exact) mass is 535 g/mol. The molecule has 1 fully saturated rings. The Morgan fingerprint density at radius 2 is 1.87 bits per heavy atom. The van der Waals surface area contributed by atoms with Gasteiger partial charge in [-0.2, -0.15) is 0 Å². The fraction of sp³-hybridized carbons (Fsp3) is 0.433. The Bertz CT molecular complexity index is 1160. The van der Waals surface area contributed by atoms with Gasteiger partial charge in [0.15, 0.2) is 6.10 Å². The lowest BCUT2D eigenvalue weighted by atomic mass is 9.99. The van der Waals surface area contributed by atoms with Crippen LogP contribution in [0.2, 0.25) is 0 Å². The van der Waals surface area contributed by atoms with Crippen LogP contribution in [0, 0.1) is 6.92 Å². The van der Waals surface area contributed by atoms with Crippen LogP contribution in [0.15, 0.2) is 66.7 Å². The van der Waals surface area contributed by atoms with Crippen molar-refractivity contribution in [2.24, 2.45) is 0 Å². The van der Waals surface area contributed by atoms with E-state index in [2.05, 4.69) is 17.5 Å². The van der Waals surface area contributed by atoms with Crippen LogP contribution in [-0.2, 0) is 16.0 Å². The first-order chi connectivity index (χ1) is 18.3. The van der Waals surface area contributed by atoms with Crippen LogP contribution >= 0.6 is 11.8 Å². The third-order valence-electron chi connectivity index (χ3n) is 7.30. The van der Waals surface area contributed by atoms with Crippen molar-refractivity contribution in [3.8, 4) is 0 Å². The number of hydrogen-bond acceptors (Lipinski definition) is 5. The topological polar surface area (TPSA) is 89.9 Å². The summed E-state index contributed by atoms with van der Waals surface area (Å²) in [7, 11) is 0. The minimum atomic E-state index is -1.48. The van der Waals surface area contributed by atoms with E-state index in [0.717, 1.165) is 30.4 Å². The van der Waals surface area contributed by atoms with Crippen molar-refractivity contribution in [1.29, 1.82) is 0 Å². The van der Waals surface area contributed by atoms with Crippen LogP contribution in [0.1, 0.15) is 54.1 Å². The lowest BCUT2D eigenvalue weighted by Crippen LogP contribution is -2.53. The molecule has 1 aliphatic heterocycles. The molecule has 0 aromatic heterocycles. The lowest BCUT2D eigenvalue weighted by Gasteiger charge is -2.34. The summed E-state index contributed by atoms with van der Waals surface area (Å²) in [5, 5.41) is 14.1. The summed E-state index contributed by atoms with van der Waals surface area (Å²) >= 11 is 1.51. The summed E-state index contributed by atoms with van der Waals surface area (Å²) in [6.45, 7) is 3.75. The molecule has 38 heavy (non-hydrogen) atoms. The van der Waals surface area contributed by atoms with E-state index < -0.39 is 18.1 Å². The van der Waals surface area contributed by atoms with Crippen molar-refractivity contribution in [3.05, 3.63) is 83.4 Å². The number of aliphatic hydroxyl groups excluding tert-OH is 1. The summed E-state index contributed by atoms with van der Waals surface area (Å²) in [6.07, 6.45) is 6.65. The average Bonchev–Trinajstić information content (AvgIpc) is 3.08. The van der Waals surface area contributed by atoms with Crippen LogP contribution in [0.4, 0.5) is 0 Å². The number of nitrogens with zero attached hydrogens (tertiary/aromatic N) is 2. The van der Waals surface area contributed by atoms with Crippen molar-refractivity contribution in [2.45, 2.75) is 69.5 Å². The molecule has 1 heterocycles. The molecule has 0 bridgehead atoms. The van der Waals surface area contributed by atoms with Crippen LogP contribution in [-0.4, -0.2) is 68.6 Å². The molecule has 4 rings (SSSR count). The number of benzene rings is 2. The molecule has 2 N–H and O–H groups in total. The van der Waals surface area contributed by atoms with E-state index in [9.17, 15) is 19.5 Å². The number of hydrogen-bond donors (Lipinski definition) is 2. The van der Waals surface area contributed by atoms with Gasteiger partial charge >= 0.3 is 0 Å². The second-order valence-corrected chi connectivity index (χ2v) is 11.3. The van der Waals surface area contributed by atoms with Gasteiger partial charge in [-0.3, -0.25) is 14.4 Å². The van der Waals surface area contributed by atoms with Gasteiger partial charge in [0.2, 0.25) is 5.91 Å². The molecule has 1 aliphatic carbocycles. The first-order valence-corrected chi connectivity index (χ1v) is 14.4. The highest BCUT2D eigenvalue weighted by Crippen LogP contribution is 2.28. The highest BCUT2D eigenvalue weighted by molar-refractivity contribution is 7.99. The molecule has 0 radical (unpaired) electrons. The fourth-order valence-electron chi connectivity index (χ4n) is 5.10. The Labute approximate surface area is 229 Å². The molecule has 202 valence electrons. The molecule has 0 saturated carbocycles. The molecule has 2 aromatic carbocycles. The fourth-order valence-corrected chi connectivity index (χ4v) is 6.15. The van der Waals surface area contributed by atoms with E-state index in [1.807, 2.05) is 61.2 Å². The molecule has 1 unspecified atom stereocenters. The van der Waals surface area contributed by atoms with Crippen molar-refractivity contribution in [1.82, 2.24) is 15.1 Å². The number of carbonyl (C=O) groups is 3. The second kappa shape index (κ2) is 13.1. The number of amides is 3. The van der Waals surface area contributed by atoms with Gasteiger partial charge in [0, 0.05) is 5.56 Å². The Kier molecular flexibility index (Phi) is 9.63. The molecule has 2 aliphatic rings. The minimum absolute atomic E-state index is 0.0331. The maximum Gasteiger partial charge on any atom is 0.254 e. The molecular formula is C30H37N3O4S. The molecule has 0 spiro atoms. The van der Waals surface area contributed by atoms with Gasteiger partial charge in [-0.1, -0.05) is 60.7 Å². The highest BCUT2D eigenvalue weighted by atomic mass is 32.2. The quantitative estimate of drug-likeness (QED) is 0.501. The van der Waals surface area contributed by atoms with E-state index in [-0.39, 0.29) is 29.8 Å². The number of nitrogens with one attached hydrogen (secondary N) is 1. The Hall–Kier alpha value is -3.10. The van der Waals surface area contributed by atoms with Crippen LogP contribution in [0.3, 0.4) is 0 Å². The normalized spacial score (nSPS) is 21.5. The Balaban J connectivity index is 1.49. The van der Waals surface area contributed by atoms with Gasteiger partial charge < -0.3 is 20.2 Å². The van der Waals surface area contributed by atoms with Gasteiger partial charge in [0.05, 0.1) is 23.3 Å². The Morgan fingerprint density at radius 1 is 1.13 bits per heavy atom. The van der Waals surface area contributed by atoms with E-state index >= 15 is 0 Å². The maximum absolute atomic E-state index is 13.6. The standard InChI is InChI=1S/C30H37N3O4S/c1-21-11-9-10-16-25(21)29(36)31-26(18-17-23-12-5-3-6-13-23)28(35)30(37)32-19-27(34)33(22(2)38-20-32)24-14-7-4-8-15-24/h3,5-7,9-14,16,22,24,26,28,35H,4,8,15,17-20H2,1-2H3,(H,31,36)/t22?,24-,26+,28+/m1/s1. The molecule has 3 amide bonds. The predicted octanol–water partition coefficient (Wildman–Crippen LogP) is 3.90. The molecule has 4 atom stereocenters. The van der Waals surface area contributed by atoms with E-state index in [1.54, 1.807) is 12.1 Å². The third-order valence-corrected chi connectivity index (χ3v) is 8.47. The van der Waals surface area contributed by atoms with Crippen molar-refractivity contribution in [2.75, 3.05) is 12.4 Å². The summed E-state index contributed by atoms with van der Waals surface area (Å²) < 4.78 is 0. The zero-order valence-electron chi connectivity index (χ0n) is 22.1. The third kappa shape index (κ3) is 6.85. The van der Waals surface area contributed by atoms with E-state index in [1.165, 1.54) is 16.7 Å². The van der Waals surface area contributed by atoms with Gasteiger partial charge in [0.25, 0.3) is 11.8 Å². The lowest BCUT2D eigenvalue weighted by molar-refractivity contribution is -0.146. The van der Waals surface area contributed by atoms with Gasteiger partial charge in [-0.05, 0) is 63.1 Å². The number of rotatable bonds is 8. The summed E-state index contributed by atoms with van der Waals surface area (Å²) in [6, 6.07) is 16.2. The largest absolute Gasteiger partial charge is 0.381 e. The predicted molar refractivity (Wildman–Crippen MR) is 150 cm³/mol. The zero-order valence-corrected chi connectivity index (χ0v) is 22.9. The maximum atomic E-state index is 13.6. The summed E-state index contributed by atoms with van der Waals surface area (Å²) in [5.74, 6) is -0.697. The van der Waals surface area contributed by atoms with Crippen LogP contribution in [0.5, 0.6) is 0 Å². The number of allylic oxidation sites excluding steroid dienone is 1. The second-order valence-electron chi connectivity index (χ2n) is 10.0. The van der Waals surface area contributed by atoms with Gasteiger partial charge in [-0.25, -0.2) is 0 Å². The first kappa shape index (κ1) is 27.9. The van der Waals surface area contributed by atoms with Gasteiger partial charge in [0.1, 0.15) is 6.54 Å². The van der Waals surface area contributed by atoms with Crippen LogP contribution in [0.25, 0.3) is 0 Å². The van der Waals surface area contributed by atoms with E-state index in [0.29, 0.717) is 24.3 Å². The number of aryl methyl sites for hydroxylation is 2. The molecule has 8 heteroatoms. The smallest absolute Gasteiger partial charge is 0.254 e. The summed E-state index contributed by atoms with van der Waals surface area (Å²) in [5.41, 5.74) is 2.36. The number of aliphatic hydroxyl groups is 1. The molecular weight excluding hydrogens is 498 g/mol. The molecule has 1 saturated heterocycles. The number of carbonyl (C=O) groups excluding carboxylic acids is 3. The van der Waals surface area contributed by atoms with Crippen molar-refractivity contribution >= 4 is 29.5 Å². The molecule has 2 aromatic rings. The van der Waals surface area contributed by atoms with Gasteiger partial charge in [-0.15, -0.1) is 11.8 Å². The van der Waals surface area contributed by atoms with E-state index in [4.69, 9.17) is 0 Å². The number of thioether (sulfide) groups is 1. The van der Waals surface area contributed by atoms with Crippen LogP contribution < -0.4 is 5.32 Å². The highest BCUT2D eigenvalue weighted by Gasteiger charge is 2.37. The molecule has 7 nitrogen and oxygen atoms in total. The zero-order chi connectivity index (χ0) is 27.1. The van der Waals surface area contributed by atoms with Crippen molar-refractivity contribution < 1.29 is 19.5 Å². The Morgan fingerprint density at radius 3 is 2.58 bits per heavy atom. The van der Waals surface area contributed by atoms with Crippen molar-refractivity contribution in [3.63, 3.8) is 0 Å². The average molecular weight is 536 g/mol. The first-order valence-electron chi connectivity index (χ1n) is 13.3.